The Hall–Kier alpha value is -2.90. The van der Waals surface area contributed by atoms with Gasteiger partial charge in [-0.05, 0) is 61.7 Å². The number of nitrogens with zero attached hydrogens (tertiary/aromatic N) is 2. The van der Waals surface area contributed by atoms with Gasteiger partial charge in [-0.3, -0.25) is 9.59 Å². The fraction of sp³-hybridized carbons (Fsp3) is 0.292. The quantitative estimate of drug-likeness (QED) is 0.537. The predicted molar refractivity (Wildman–Crippen MR) is 125 cm³/mol. The highest BCUT2D eigenvalue weighted by atomic mass is 35.5. The Kier molecular flexibility index (Phi) is 7.07. The van der Waals surface area contributed by atoms with Crippen molar-refractivity contribution >= 4 is 34.8 Å². The maximum Gasteiger partial charge on any atom is 0.263 e. The van der Waals surface area contributed by atoms with Crippen molar-refractivity contribution in [3.63, 3.8) is 0 Å². The van der Waals surface area contributed by atoms with Crippen LogP contribution < -0.4 is 10.1 Å². The number of thiazole rings is 1. The van der Waals surface area contributed by atoms with Gasteiger partial charge in [0.05, 0.1) is 5.69 Å². The topological polar surface area (TPSA) is 71.5 Å². The van der Waals surface area contributed by atoms with Gasteiger partial charge in [-0.1, -0.05) is 23.7 Å². The lowest BCUT2D eigenvalue weighted by atomic mass is 10.1. The molecule has 0 unspecified atom stereocenters. The van der Waals surface area contributed by atoms with Gasteiger partial charge in [-0.2, -0.15) is 0 Å². The third-order valence-corrected chi connectivity index (χ3v) is 6.63. The fourth-order valence-electron chi connectivity index (χ4n) is 3.58. The number of hydrogen-bond donors (Lipinski definition) is 1. The molecule has 2 aromatic carbocycles. The van der Waals surface area contributed by atoms with E-state index < -0.39 is 0 Å². The predicted octanol–water partition coefficient (Wildman–Crippen LogP) is 4.85. The van der Waals surface area contributed by atoms with Gasteiger partial charge in [0, 0.05) is 30.2 Å². The maximum absolute atomic E-state index is 12.7. The summed E-state index contributed by atoms with van der Waals surface area (Å²) in [4.78, 5) is 32.2. The normalized spacial score (nSPS) is 13.2. The van der Waals surface area contributed by atoms with E-state index in [0.717, 1.165) is 36.5 Å². The molecule has 2 amide bonds. The zero-order chi connectivity index (χ0) is 22.5. The minimum Gasteiger partial charge on any atom is -0.486 e. The Balaban J connectivity index is 1.34. The second-order valence-corrected chi connectivity index (χ2v) is 9.17. The van der Waals surface area contributed by atoms with Crippen LogP contribution in [0.1, 0.15) is 49.1 Å². The number of carbonyl (C=O) groups is 2. The van der Waals surface area contributed by atoms with Crippen molar-refractivity contribution in [2.75, 3.05) is 13.1 Å². The number of halogens is 1. The summed E-state index contributed by atoms with van der Waals surface area (Å²) in [6, 6.07) is 14.5. The van der Waals surface area contributed by atoms with Crippen molar-refractivity contribution in [2.24, 2.45) is 0 Å². The Labute approximate surface area is 196 Å². The molecule has 32 heavy (non-hydrogen) atoms. The van der Waals surface area contributed by atoms with Crippen LogP contribution in [0.5, 0.6) is 5.75 Å². The van der Waals surface area contributed by atoms with Gasteiger partial charge in [0.15, 0.2) is 0 Å². The second-order valence-electron chi connectivity index (χ2n) is 7.65. The van der Waals surface area contributed by atoms with Crippen LogP contribution in [0.2, 0.25) is 5.02 Å². The summed E-state index contributed by atoms with van der Waals surface area (Å²) in [5.41, 5.74) is 2.21. The van der Waals surface area contributed by atoms with E-state index in [4.69, 9.17) is 16.3 Å². The van der Waals surface area contributed by atoms with Gasteiger partial charge in [-0.25, -0.2) is 4.98 Å². The molecule has 166 valence electrons. The monoisotopic (exact) mass is 469 g/mol. The molecular formula is C24H24ClN3O3S. The van der Waals surface area contributed by atoms with Gasteiger partial charge >= 0.3 is 0 Å². The number of aromatic nitrogens is 1. The molecule has 0 spiro atoms. The number of amides is 2. The molecule has 2 heterocycles. The molecule has 8 heteroatoms. The molecule has 6 nitrogen and oxygen atoms in total. The molecule has 1 N–H and O–H groups in total. The first-order chi connectivity index (χ1) is 15.5. The number of aryl methyl sites for hydroxylation is 1. The van der Waals surface area contributed by atoms with E-state index in [0.29, 0.717) is 33.5 Å². The van der Waals surface area contributed by atoms with E-state index in [1.165, 1.54) is 11.3 Å². The largest absolute Gasteiger partial charge is 0.486 e. The lowest BCUT2D eigenvalue weighted by molar-refractivity contribution is 0.0792. The van der Waals surface area contributed by atoms with E-state index in [9.17, 15) is 9.59 Å². The Morgan fingerprint density at radius 3 is 2.66 bits per heavy atom. The number of ether oxygens (including phenoxy) is 1. The summed E-state index contributed by atoms with van der Waals surface area (Å²) in [7, 11) is 0. The van der Waals surface area contributed by atoms with Crippen LogP contribution >= 0.6 is 22.9 Å². The molecule has 0 radical (unpaired) electrons. The first-order valence-corrected chi connectivity index (χ1v) is 11.7. The summed E-state index contributed by atoms with van der Waals surface area (Å²) >= 11 is 7.20. The molecule has 1 fully saturated rings. The molecule has 1 aromatic heterocycles. The smallest absolute Gasteiger partial charge is 0.263 e. The molecule has 0 bridgehead atoms. The second kappa shape index (κ2) is 10.1. The molecule has 0 aliphatic carbocycles. The molecule has 1 aliphatic heterocycles. The SMILES string of the molecule is Cc1nc(COc2ccc(Cl)cc2)sc1C(=O)NCc1cccc(C(=O)N2CCCC2)c1. The number of hydrogen-bond acceptors (Lipinski definition) is 5. The average molecular weight is 470 g/mol. The van der Waals surface area contributed by atoms with Gasteiger partial charge in [0.1, 0.15) is 22.2 Å². The van der Waals surface area contributed by atoms with Crippen molar-refractivity contribution in [3.05, 3.63) is 80.3 Å². The van der Waals surface area contributed by atoms with E-state index in [1.54, 1.807) is 24.3 Å². The van der Waals surface area contributed by atoms with Crippen LogP contribution in [-0.4, -0.2) is 34.8 Å². The van der Waals surface area contributed by atoms with Crippen LogP contribution in [0.15, 0.2) is 48.5 Å². The van der Waals surface area contributed by atoms with Crippen molar-refractivity contribution in [1.82, 2.24) is 15.2 Å². The minimum absolute atomic E-state index is 0.0549. The third-order valence-electron chi connectivity index (χ3n) is 5.24. The summed E-state index contributed by atoms with van der Waals surface area (Å²) < 4.78 is 5.72. The van der Waals surface area contributed by atoms with Gasteiger partial charge in [0.25, 0.3) is 11.8 Å². The van der Waals surface area contributed by atoms with Crippen LogP contribution in [0.25, 0.3) is 0 Å². The molecule has 4 rings (SSSR count). The molecular weight excluding hydrogens is 446 g/mol. The minimum atomic E-state index is -0.186. The number of nitrogens with one attached hydrogen (secondary N) is 1. The van der Waals surface area contributed by atoms with Crippen molar-refractivity contribution in [1.29, 1.82) is 0 Å². The zero-order valence-corrected chi connectivity index (χ0v) is 19.3. The Morgan fingerprint density at radius 1 is 1.16 bits per heavy atom. The van der Waals surface area contributed by atoms with E-state index >= 15 is 0 Å². The van der Waals surface area contributed by atoms with Crippen molar-refractivity contribution < 1.29 is 14.3 Å². The highest BCUT2D eigenvalue weighted by Gasteiger charge is 2.20. The lowest BCUT2D eigenvalue weighted by Gasteiger charge is -2.15. The first-order valence-electron chi connectivity index (χ1n) is 10.5. The zero-order valence-electron chi connectivity index (χ0n) is 17.8. The van der Waals surface area contributed by atoms with Crippen LogP contribution in [0.3, 0.4) is 0 Å². The summed E-state index contributed by atoms with van der Waals surface area (Å²) in [5, 5.41) is 4.30. The molecule has 0 saturated carbocycles. The Morgan fingerprint density at radius 2 is 1.91 bits per heavy atom. The highest BCUT2D eigenvalue weighted by molar-refractivity contribution is 7.13. The van der Waals surface area contributed by atoms with Gasteiger partial charge in [0.2, 0.25) is 0 Å². The molecule has 1 aliphatic rings. The number of likely N-dealkylation sites (tertiary alicyclic amines) is 1. The highest BCUT2D eigenvalue weighted by Crippen LogP contribution is 2.22. The first kappa shape index (κ1) is 22.3. The van der Waals surface area contributed by atoms with Gasteiger partial charge < -0.3 is 15.0 Å². The fourth-order valence-corrected chi connectivity index (χ4v) is 4.60. The summed E-state index contributed by atoms with van der Waals surface area (Å²) in [6.07, 6.45) is 2.12. The summed E-state index contributed by atoms with van der Waals surface area (Å²) in [6.45, 7) is 4.06. The van der Waals surface area contributed by atoms with E-state index in [1.807, 2.05) is 36.1 Å². The molecule has 3 aromatic rings. The number of benzene rings is 2. The van der Waals surface area contributed by atoms with Crippen LogP contribution in [-0.2, 0) is 13.2 Å². The average Bonchev–Trinajstić information content (AvgIpc) is 3.47. The summed E-state index contributed by atoms with van der Waals surface area (Å²) in [5.74, 6) is 0.560. The third kappa shape index (κ3) is 5.47. The maximum atomic E-state index is 12.7. The van der Waals surface area contributed by atoms with Crippen LogP contribution in [0, 0.1) is 6.92 Å². The van der Waals surface area contributed by atoms with Crippen molar-refractivity contribution in [2.45, 2.75) is 32.9 Å². The van der Waals surface area contributed by atoms with Crippen LogP contribution in [0.4, 0.5) is 0 Å². The standard InChI is InChI=1S/C24H24ClN3O3S/c1-16-22(32-21(27-16)15-31-20-9-7-19(25)8-10-20)23(29)26-14-17-5-4-6-18(13-17)24(30)28-11-2-3-12-28/h4-10,13H,2-3,11-12,14-15H2,1H3,(H,26,29). The van der Waals surface area contributed by atoms with Crippen molar-refractivity contribution in [3.8, 4) is 5.75 Å². The van der Waals surface area contributed by atoms with E-state index in [2.05, 4.69) is 10.3 Å². The number of rotatable bonds is 7. The molecule has 0 atom stereocenters. The number of carbonyl (C=O) groups excluding carboxylic acids is 2. The molecule has 1 saturated heterocycles. The van der Waals surface area contributed by atoms with E-state index in [-0.39, 0.29) is 18.4 Å². The van der Waals surface area contributed by atoms with Gasteiger partial charge in [-0.15, -0.1) is 11.3 Å². The lowest BCUT2D eigenvalue weighted by Crippen LogP contribution is -2.28. The Bertz CT molecular complexity index is 1110.